The first kappa shape index (κ1) is 17.8. The van der Waals surface area contributed by atoms with Crippen LogP contribution in [-0.2, 0) is 0 Å². The molecule has 0 spiro atoms. The van der Waals surface area contributed by atoms with Crippen LogP contribution in [-0.4, -0.2) is 31.1 Å². The molecule has 3 heteroatoms. The van der Waals surface area contributed by atoms with Crippen LogP contribution < -0.4 is 9.47 Å². The first-order valence-electron chi connectivity index (χ1n) is 8.22. The normalized spacial score (nSPS) is 10.4. The Morgan fingerprint density at radius 3 is 2.12 bits per heavy atom. The number of benzene rings is 2. The van der Waals surface area contributed by atoms with Crippen molar-refractivity contribution in [2.45, 2.75) is 6.42 Å². The second-order valence-corrected chi connectivity index (χ2v) is 5.40. The predicted octanol–water partition coefficient (Wildman–Crippen LogP) is 4.92. The van der Waals surface area contributed by atoms with E-state index < -0.39 is 0 Å². The molecule has 0 radical (unpaired) electrons. The summed E-state index contributed by atoms with van der Waals surface area (Å²) in [4.78, 5) is 2.27. The van der Waals surface area contributed by atoms with Gasteiger partial charge in [0, 0.05) is 19.6 Å². The summed E-state index contributed by atoms with van der Waals surface area (Å²) < 4.78 is 11.8. The van der Waals surface area contributed by atoms with E-state index in [0.717, 1.165) is 43.3 Å². The molecule has 0 aliphatic rings. The van der Waals surface area contributed by atoms with Crippen molar-refractivity contribution in [1.29, 1.82) is 0 Å². The molecular formula is C21H25NO2. The highest BCUT2D eigenvalue weighted by Gasteiger charge is 2.06. The minimum atomic E-state index is 0.639. The molecule has 0 heterocycles. The zero-order valence-electron chi connectivity index (χ0n) is 14.1. The lowest BCUT2D eigenvalue weighted by Crippen LogP contribution is -2.26. The number of para-hydroxylation sites is 3. The highest BCUT2D eigenvalue weighted by Crippen LogP contribution is 2.31. The molecule has 2 rings (SSSR count). The minimum Gasteiger partial charge on any atom is -0.490 e. The monoisotopic (exact) mass is 323 g/mol. The molecule has 0 aliphatic heterocycles. The standard InChI is InChI=1S/C21H25NO2/c1-3-15-22(16-4-2)17-10-18-23-20-13-8-9-14-21(20)24-19-11-6-5-7-12-19/h3-9,11-14H,1-2,10,15-18H2. The van der Waals surface area contributed by atoms with Gasteiger partial charge in [-0.25, -0.2) is 0 Å². The zero-order valence-corrected chi connectivity index (χ0v) is 14.1. The van der Waals surface area contributed by atoms with Gasteiger partial charge in [-0.3, -0.25) is 4.90 Å². The molecule has 2 aromatic rings. The maximum atomic E-state index is 5.91. The van der Waals surface area contributed by atoms with Crippen LogP contribution in [0.2, 0.25) is 0 Å². The van der Waals surface area contributed by atoms with Crippen molar-refractivity contribution in [2.75, 3.05) is 26.2 Å². The van der Waals surface area contributed by atoms with E-state index in [9.17, 15) is 0 Å². The van der Waals surface area contributed by atoms with E-state index in [1.165, 1.54) is 0 Å². The van der Waals surface area contributed by atoms with Gasteiger partial charge in [0.05, 0.1) is 6.61 Å². The fourth-order valence-corrected chi connectivity index (χ4v) is 2.36. The van der Waals surface area contributed by atoms with Crippen LogP contribution in [0.1, 0.15) is 6.42 Å². The molecule has 0 unspecified atom stereocenters. The summed E-state index contributed by atoms with van der Waals surface area (Å²) >= 11 is 0. The van der Waals surface area contributed by atoms with Crippen LogP contribution in [0.5, 0.6) is 17.2 Å². The Kier molecular flexibility index (Phi) is 7.64. The maximum Gasteiger partial charge on any atom is 0.169 e. The topological polar surface area (TPSA) is 21.7 Å². The third-order valence-corrected chi connectivity index (χ3v) is 3.47. The highest BCUT2D eigenvalue weighted by molar-refractivity contribution is 5.42. The number of ether oxygens (including phenoxy) is 2. The number of hydrogen-bond donors (Lipinski definition) is 0. The van der Waals surface area contributed by atoms with Gasteiger partial charge in [-0.1, -0.05) is 42.5 Å². The van der Waals surface area contributed by atoms with Crippen LogP contribution in [0.4, 0.5) is 0 Å². The largest absolute Gasteiger partial charge is 0.490 e. The summed E-state index contributed by atoms with van der Waals surface area (Å²) in [7, 11) is 0. The molecule has 0 aliphatic carbocycles. The van der Waals surface area contributed by atoms with Crippen molar-refractivity contribution in [3.8, 4) is 17.2 Å². The van der Waals surface area contributed by atoms with Crippen LogP contribution in [0.3, 0.4) is 0 Å². The van der Waals surface area contributed by atoms with Gasteiger partial charge in [0.15, 0.2) is 11.5 Å². The maximum absolute atomic E-state index is 5.91. The second kappa shape index (κ2) is 10.3. The van der Waals surface area contributed by atoms with Gasteiger partial charge in [-0.15, -0.1) is 13.2 Å². The van der Waals surface area contributed by atoms with E-state index in [2.05, 4.69) is 18.1 Å². The van der Waals surface area contributed by atoms with Gasteiger partial charge in [0.2, 0.25) is 0 Å². The molecule has 0 bridgehead atoms. The molecule has 0 aromatic heterocycles. The quantitative estimate of drug-likeness (QED) is 0.433. The summed E-state index contributed by atoms with van der Waals surface area (Å²) in [5, 5.41) is 0. The lowest BCUT2D eigenvalue weighted by molar-refractivity contribution is 0.256. The van der Waals surface area contributed by atoms with Gasteiger partial charge >= 0.3 is 0 Å². The summed E-state index contributed by atoms with van der Waals surface area (Å²) in [6, 6.07) is 17.5. The molecule has 0 amide bonds. The molecule has 24 heavy (non-hydrogen) atoms. The third-order valence-electron chi connectivity index (χ3n) is 3.47. The van der Waals surface area contributed by atoms with E-state index >= 15 is 0 Å². The molecule has 2 aromatic carbocycles. The van der Waals surface area contributed by atoms with Crippen molar-refractivity contribution >= 4 is 0 Å². The molecule has 0 saturated heterocycles. The summed E-state index contributed by atoms with van der Waals surface area (Å²) in [6.07, 6.45) is 4.75. The van der Waals surface area contributed by atoms with E-state index in [4.69, 9.17) is 9.47 Å². The molecule has 0 fully saturated rings. The Morgan fingerprint density at radius 1 is 0.833 bits per heavy atom. The van der Waals surface area contributed by atoms with E-state index in [-0.39, 0.29) is 0 Å². The highest BCUT2D eigenvalue weighted by atomic mass is 16.5. The van der Waals surface area contributed by atoms with Crippen molar-refractivity contribution in [1.82, 2.24) is 4.90 Å². The molecular weight excluding hydrogens is 298 g/mol. The number of rotatable bonds is 11. The fraction of sp³-hybridized carbons (Fsp3) is 0.238. The Hall–Kier alpha value is -2.52. The molecule has 0 atom stereocenters. The number of hydrogen-bond acceptors (Lipinski definition) is 3. The van der Waals surface area contributed by atoms with Crippen LogP contribution >= 0.6 is 0 Å². The average molecular weight is 323 g/mol. The Labute approximate surface area is 144 Å². The van der Waals surface area contributed by atoms with Crippen LogP contribution in [0.25, 0.3) is 0 Å². The van der Waals surface area contributed by atoms with Gasteiger partial charge in [0.25, 0.3) is 0 Å². The third kappa shape index (κ3) is 5.94. The lowest BCUT2D eigenvalue weighted by Gasteiger charge is -2.19. The van der Waals surface area contributed by atoms with Crippen molar-refractivity contribution in [3.63, 3.8) is 0 Å². The van der Waals surface area contributed by atoms with Crippen molar-refractivity contribution < 1.29 is 9.47 Å². The molecule has 0 saturated carbocycles. The Bertz CT molecular complexity index is 615. The first-order valence-corrected chi connectivity index (χ1v) is 8.22. The van der Waals surface area contributed by atoms with Gasteiger partial charge in [-0.2, -0.15) is 0 Å². The lowest BCUT2D eigenvalue weighted by atomic mass is 10.3. The average Bonchev–Trinajstić information content (AvgIpc) is 2.61. The van der Waals surface area contributed by atoms with E-state index in [1.54, 1.807) is 0 Å². The smallest absolute Gasteiger partial charge is 0.169 e. The summed E-state index contributed by atoms with van der Waals surface area (Å²) in [5.41, 5.74) is 0. The van der Waals surface area contributed by atoms with Crippen molar-refractivity contribution in [3.05, 3.63) is 79.9 Å². The zero-order chi connectivity index (χ0) is 17.0. The first-order chi connectivity index (χ1) is 11.8. The fourth-order valence-electron chi connectivity index (χ4n) is 2.36. The Balaban J connectivity index is 1.86. The number of nitrogens with zero attached hydrogens (tertiary/aromatic N) is 1. The van der Waals surface area contributed by atoms with E-state index in [1.807, 2.05) is 66.7 Å². The molecule has 0 N–H and O–H groups in total. The molecule has 3 nitrogen and oxygen atoms in total. The van der Waals surface area contributed by atoms with Gasteiger partial charge < -0.3 is 9.47 Å². The minimum absolute atomic E-state index is 0.639. The summed E-state index contributed by atoms with van der Waals surface area (Å²) in [6.45, 7) is 10.9. The predicted molar refractivity (Wildman–Crippen MR) is 99.9 cm³/mol. The van der Waals surface area contributed by atoms with Crippen molar-refractivity contribution in [2.24, 2.45) is 0 Å². The molecule has 126 valence electrons. The second-order valence-electron chi connectivity index (χ2n) is 5.40. The van der Waals surface area contributed by atoms with Crippen LogP contribution in [0.15, 0.2) is 79.9 Å². The summed E-state index contributed by atoms with van der Waals surface area (Å²) in [5.74, 6) is 2.30. The van der Waals surface area contributed by atoms with Gasteiger partial charge in [-0.05, 0) is 30.7 Å². The van der Waals surface area contributed by atoms with Gasteiger partial charge in [0.1, 0.15) is 5.75 Å². The SMILES string of the molecule is C=CCN(CC=C)CCCOc1ccccc1Oc1ccccc1. The van der Waals surface area contributed by atoms with E-state index in [0.29, 0.717) is 6.61 Å². The Morgan fingerprint density at radius 2 is 1.46 bits per heavy atom. The van der Waals surface area contributed by atoms with Crippen LogP contribution in [0, 0.1) is 0 Å².